The van der Waals surface area contributed by atoms with Crippen molar-refractivity contribution in [3.05, 3.63) is 70.2 Å². The average Bonchev–Trinajstić information content (AvgIpc) is 2.63. The van der Waals surface area contributed by atoms with Gasteiger partial charge in [-0.1, -0.05) is 35.9 Å². The van der Waals surface area contributed by atoms with Crippen LogP contribution >= 0.6 is 11.6 Å². The van der Waals surface area contributed by atoms with Crippen LogP contribution < -0.4 is 0 Å². The molecular weight excluding hydrogens is 336 g/mol. The number of ether oxygens (including phenoxy) is 1. The number of halogens is 1. The quantitative estimate of drug-likeness (QED) is 0.820. The van der Waals surface area contributed by atoms with Gasteiger partial charge in [0.1, 0.15) is 0 Å². The Balaban J connectivity index is 1.53. The topological polar surface area (TPSA) is 32.8 Å². The average molecular weight is 359 g/mol. The number of methoxy groups -OCH3 is 1. The minimum atomic E-state index is 0.103. The molecule has 132 valence electrons. The molecule has 2 aromatic rings. The van der Waals surface area contributed by atoms with E-state index in [4.69, 9.17) is 16.3 Å². The molecule has 0 N–H and O–H groups in total. The van der Waals surface area contributed by atoms with Gasteiger partial charge in [0.05, 0.1) is 6.61 Å². The molecule has 4 nitrogen and oxygen atoms in total. The Kier molecular flexibility index (Phi) is 6.08. The van der Waals surface area contributed by atoms with Crippen molar-refractivity contribution in [3.8, 4) is 0 Å². The molecule has 0 bridgehead atoms. The highest BCUT2D eigenvalue weighted by Crippen LogP contribution is 2.15. The molecular formula is C20H23ClN2O2. The number of nitrogens with zero attached hydrogens (tertiary/aromatic N) is 2. The summed E-state index contributed by atoms with van der Waals surface area (Å²) in [5, 5.41) is 0.767. The molecule has 25 heavy (non-hydrogen) atoms. The zero-order valence-electron chi connectivity index (χ0n) is 14.5. The molecule has 1 aliphatic rings. The van der Waals surface area contributed by atoms with Crippen LogP contribution in [0.15, 0.2) is 48.5 Å². The Morgan fingerprint density at radius 2 is 1.76 bits per heavy atom. The van der Waals surface area contributed by atoms with Gasteiger partial charge in [0.2, 0.25) is 0 Å². The number of carbonyl (C=O) groups is 1. The molecule has 1 saturated heterocycles. The summed E-state index contributed by atoms with van der Waals surface area (Å²) in [4.78, 5) is 16.9. The van der Waals surface area contributed by atoms with Crippen LogP contribution in [0.4, 0.5) is 0 Å². The highest BCUT2D eigenvalue weighted by Gasteiger charge is 2.22. The second-order valence-corrected chi connectivity index (χ2v) is 6.76. The lowest BCUT2D eigenvalue weighted by Gasteiger charge is -2.34. The van der Waals surface area contributed by atoms with E-state index in [2.05, 4.69) is 11.0 Å². The smallest absolute Gasteiger partial charge is 0.253 e. The fraction of sp³-hybridized carbons (Fsp3) is 0.350. The Morgan fingerprint density at radius 3 is 2.40 bits per heavy atom. The molecule has 5 heteroatoms. The maximum atomic E-state index is 12.6. The lowest BCUT2D eigenvalue weighted by molar-refractivity contribution is 0.0628. The second-order valence-electron chi connectivity index (χ2n) is 6.33. The summed E-state index contributed by atoms with van der Waals surface area (Å²) in [6.45, 7) is 4.68. The van der Waals surface area contributed by atoms with Gasteiger partial charge >= 0.3 is 0 Å². The first-order chi connectivity index (χ1) is 12.2. The minimum absolute atomic E-state index is 0.103. The lowest BCUT2D eigenvalue weighted by Crippen LogP contribution is -2.48. The Hall–Kier alpha value is -1.88. The SMILES string of the molecule is COCc1ccc(C(=O)N2CCN(Cc3cccc(Cl)c3)CC2)cc1. The molecule has 2 aromatic carbocycles. The number of hydrogen-bond donors (Lipinski definition) is 0. The molecule has 0 spiro atoms. The number of amides is 1. The molecule has 0 radical (unpaired) electrons. The van der Waals surface area contributed by atoms with E-state index in [1.807, 2.05) is 47.4 Å². The van der Waals surface area contributed by atoms with Gasteiger partial charge in [0.25, 0.3) is 5.91 Å². The first-order valence-electron chi connectivity index (χ1n) is 8.49. The molecule has 0 saturated carbocycles. The van der Waals surface area contributed by atoms with E-state index in [0.717, 1.165) is 48.9 Å². The van der Waals surface area contributed by atoms with Crippen LogP contribution in [0.5, 0.6) is 0 Å². The third-order valence-corrected chi connectivity index (χ3v) is 4.70. The van der Waals surface area contributed by atoms with E-state index in [-0.39, 0.29) is 5.91 Å². The van der Waals surface area contributed by atoms with Gasteiger partial charge in [-0.15, -0.1) is 0 Å². The predicted octanol–water partition coefficient (Wildman–Crippen LogP) is 3.44. The van der Waals surface area contributed by atoms with Crippen LogP contribution in [0.1, 0.15) is 21.5 Å². The molecule has 0 aromatic heterocycles. The highest BCUT2D eigenvalue weighted by atomic mass is 35.5. The number of rotatable bonds is 5. The van der Waals surface area contributed by atoms with Crippen LogP contribution in [0, 0.1) is 0 Å². The molecule has 1 heterocycles. The molecule has 1 fully saturated rings. The third kappa shape index (κ3) is 4.82. The number of carbonyl (C=O) groups excluding carboxylic acids is 1. The summed E-state index contributed by atoms with van der Waals surface area (Å²) in [6.07, 6.45) is 0. The summed E-state index contributed by atoms with van der Waals surface area (Å²) in [7, 11) is 1.67. The number of hydrogen-bond acceptors (Lipinski definition) is 3. The second kappa shape index (κ2) is 8.48. The molecule has 3 rings (SSSR count). The Bertz CT molecular complexity index is 710. The fourth-order valence-corrected chi connectivity index (χ4v) is 3.31. The minimum Gasteiger partial charge on any atom is -0.380 e. The van der Waals surface area contributed by atoms with E-state index < -0.39 is 0 Å². The molecule has 0 atom stereocenters. The monoisotopic (exact) mass is 358 g/mol. The number of benzene rings is 2. The van der Waals surface area contributed by atoms with Crippen LogP contribution in [-0.4, -0.2) is 49.0 Å². The van der Waals surface area contributed by atoms with Gasteiger partial charge in [-0.25, -0.2) is 0 Å². The van der Waals surface area contributed by atoms with Crippen molar-refractivity contribution in [2.45, 2.75) is 13.2 Å². The van der Waals surface area contributed by atoms with Gasteiger partial charge in [0.15, 0.2) is 0 Å². The summed E-state index contributed by atoms with van der Waals surface area (Å²) in [5.74, 6) is 0.103. The zero-order valence-corrected chi connectivity index (χ0v) is 15.2. The first kappa shape index (κ1) is 17.9. The van der Waals surface area contributed by atoms with Gasteiger partial charge in [-0.05, 0) is 35.4 Å². The lowest BCUT2D eigenvalue weighted by atomic mass is 10.1. The molecule has 1 aliphatic heterocycles. The van der Waals surface area contributed by atoms with Gasteiger partial charge < -0.3 is 9.64 Å². The van der Waals surface area contributed by atoms with E-state index in [1.54, 1.807) is 7.11 Å². The van der Waals surface area contributed by atoms with Crippen LogP contribution in [0.2, 0.25) is 5.02 Å². The third-order valence-electron chi connectivity index (χ3n) is 4.47. The Morgan fingerprint density at radius 1 is 1.04 bits per heavy atom. The summed E-state index contributed by atoms with van der Waals surface area (Å²) >= 11 is 6.05. The molecule has 0 aliphatic carbocycles. The summed E-state index contributed by atoms with van der Waals surface area (Å²) < 4.78 is 5.10. The fourth-order valence-electron chi connectivity index (χ4n) is 3.10. The predicted molar refractivity (Wildman–Crippen MR) is 99.8 cm³/mol. The van der Waals surface area contributed by atoms with Crippen molar-refractivity contribution in [1.82, 2.24) is 9.80 Å². The zero-order chi connectivity index (χ0) is 17.6. The Labute approximate surface area is 154 Å². The van der Waals surface area contributed by atoms with Crippen molar-refractivity contribution in [3.63, 3.8) is 0 Å². The highest BCUT2D eigenvalue weighted by molar-refractivity contribution is 6.30. The maximum Gasteiger partial charge on any atom is 0.253 e. The van der Waals surface area contributed by atoms with Crippen molar-refractivity contribution < 1.29 is 9.53 Å². The van der Waals surface area contributed by atoms with Crippen LogP contribution in [0.25, 0.3) is 0 Å². The largest absolute Gasteiger partial charge is 0.380 e. The van der Waals surface area contributed by atoms with Crippen molar-refractivity contribution in [1.29, 1.82) is 0 Å². The standard InChI is InChI=1S/C20H23ClN2O2/c1-25-15-16-5-7-18(8-6-16)20(24)23-11-9-22(10-12-23)14-17-3-2-4-19(21)13-17/h2-8,13H,9-12,14-15H2,1H3. The van der Waals surface area contributed by atoms with Crippen molar-refractivity contribution in [2.75, 3.05) is 33.3 Å². The molecule has 0 unspecified atom stereocenters. The normalized spacial score (nSPS) is 15.4. The van der Waals surface area contributed by atoms with E-state index in [1.165, 1.54) is 5.56 Å². The molecule has 1 amide bonds. The van der Waals surface area contributed by atoms with Crippen molar-refractivity contribution in [2.24, 2.45) is 0 Å². The summed E-state index contributed by atoms with van der Waals surface area (Å²) in [5.41, 5.74) is 3.02. The van der Waals surface area contributed by atoms with Crippen molar-refractivity contribution >= 4 is 17.5 Å². The van der Waals surface area contributed by atoms with Gasteiger partial charge in [-0.2, -0.15) is 0 Å². The van der Waals surface area contributed by atoms with Gasteiger partial charge in [-0.3, -0.25) is 9.69 Å². The van der Waals surface area contributed by atoms with E-state index in [9.17, 15) is 4.79 Å². The van der Waals surface area contributed by atoms with E-state index in [0.29, 0.717) is 6.61 Å². The maximum absolute atomic E-state index is 12.6. The van der Waals surface area contributed by atoms with Gasteiger partial charge in [0, 0.05) is 50.4 Å². The van der Waals surface area contributed by atoms with Crippen LogP contribution in [0.3, 0.4) is 0 Å². The first-order valence-corrected chi connectivity index (χ1v) is 8.87. The summed E-state index contributed by atoms with van der Waals surface area (Å²) in [6, 6.07) is 15.6. The van der Waals surface area contributed by atoms with E-state index >= 15 is 0 Å². The number of piperazine rings is 1. The van der Waals surface area contributed by atoms with Crippen LogP contribution in [-0.2, 0) is 17.9 Å².